The minimum Gasteiger partial charge on any atom is -0.424 e. The van der Waals surface area contributed by atoms with Gasteiger partial charge in [0.25, 0.3) is 6.01 Å². The van der Waals surface area contributed by atoms with Crippen LogP contribution in [0, 0.1) is 0 Å². The van der Waals surface area contributed by atoms with Crippen molar-refractivity contribution in [1.82, 2.24) is 4.98 Å². The van der Waals surface area contributed by atoms with E-state index in [1.165, 1.54) is 0 Å². The minimum absolute atomic E-state index is 0.186. The lowest BCUT2D eigenvalue weighted by Gasteiger charge is -1.72. The minimum atomic E-state index is 0.186. The van der Waals surface area contributed by atoms with Crippen LogP contribution in [0.3, 0.4) is 0 Å². The van der Waals surface area contributed by atoms with E-state index >= 15 is 0 Å². The maximum Gasteiger partial charge on any atom is 0.292 e. The van der Waals surface area contributed by atoms with Crippen LogP contribution in [0.25, 0.3) is 12.2 Å². The molecule has 0 unspecified atom stereocenters. The van der Waals surface area contributed by atoms with Crippen molar-refractivity contribution in [3.05, 3.63) is 23.4 Å². The Kier molecular flexibility index (Phi) is 2.11. The summed E-state index contributed by atoms with van der Waals surface area (Å²) in [5.41, 5.74) is 5.99. The van der Waals surface area contributed by atoms with E-state index in [0.29, 0.717) is 5.42 Å². The van der Waals surface area contributed by atoms with Crippen molar-refractivity contribution in [2.45, 2.75) is 6.92 Å². The maximum absolute atomic E-state index is 5.33. The molecule has 1 aromatic heterocycles. The van der Waals surface area contributed by atoms with Crippen LogP contribution in [0.2, 0.25) is 0 Å². The fourth-order valence-corrected chi connectivity index (χ4v) is 0.795. The lowest BCUT2D eigenvalue weighted by Crippen LogP contribution is -2.20. The zero-order chi connectivity index (χ0) is 8.27. The highest BCUT2D eigenvalue weighted by Gasteiger charge is 1.92. The number of allylic oxidation sites excluding steroid dienone is 1. The topological polar surface area (TPSA) is 52.0 Å². The summed E-state index contributed by atoms with van der Waals surface area (Å²) in [7, 11) is 0. The van der Waals surface area contributed by atoms with Gasteiger partial charge in [0.1, 0.15) is 5.35 Å². The molecule has 0 fully saturated rings. The molecule has 0 amide bonds. The molecule has 3 heteroatoms. The molecule has 0 aliphatic rings. The van der Waals surface area contributed by atoms with Gasteiger partial charge in [-0.15, -0.1) is 0 Å². The van der Waals surface area contributed by atoms with E-state index in [4.69, 9.17) is 10.2 Å². The molecule has 58 valence electrons. The number of nitrogens with zero attached hydrogens (tertiary/aromatic N) is 1. The molecule has 0 aliphatic heterocycles. The largest absolute Gasteiger partial charge is 0.424 e. The van der Waals surface area contributed by atoms with Crippen LogP contribution >= 0.6 is 0 Å². The Bertz CT molecular complexity index is 362. The second-order valence-electron chi connectivity index (χ2n) is 1.99. The van der Waals surface area contributed by atoms with Crippen LogP contribution in [-0.2, 0) is 0 Å². The van der Waals surface area contributed by atoms with Gasteiger partial charge in [0.15, 0.2) is 5.42 Å². The van der Waals surface area contributed by atoms with Gasteiger partial charge < -0.3 is 10.2 Å². The number of nitrogen functional groups attached to an aromatic ring is 1. The summed E-state index contributed by atoms with van der Waals surface area (Å²) < 4.78 is 5.05. The highest BCUT2D eigenvalue weighted by atomic mass is 16.4. The highest BCUT2D eigenvalue weighted by molar-refractivity contribution is 5.34. The lowest BCUT2D eigenvalue weighted by atomic mass is 10.4. The summed E-state index contributed by atoms with van der Waals surface area (Å²) in [4.78, 5) is 3.92. The Hall–Kier alpha value is -1.51. The number of hydrogen-bond donors (Lipinski definition) is 1. The molecular weight excluding hydrogens is 140 g/mol. The number of hydrogen-bond acceptors (Lipinski definition) is 3. The highest BCUT2D eigenvalue weighted by Crippen LogP contribution is 1.82. The van der Waals surface area contributed by atoms with Crippen LogP contribution in [-0.4, -0.2) is 4.98 Å². The molecular formula is C8H10N2O. The van der Waals surface area contributed by atoms with E-state index < -0.39 is 0 Å². The molecule has 0 atom stereocenters. The van der Waals surface area contributed by atoms with Gasteiger partial charge in [0.2, 0.25) is 0 Å². The van der Waals surface area contributed by atoms with E-state index in [2.05, 4.69) is 11.6 Å². The third-order valence-electron chi connectivity index (χ3n) is 1.24. The molecule has 0 radical (unpaired) electrons. The number of oxazole rings is 1. The quantitative estimate of drug-likeness (QED) is 0.614. The average molecular weight is 150 g/mol. The van der Waals surface area contributed by atoms with Gasteiger partial charge >= 0.3 is 0 Å². The van der Waals surface area contributed by atoms with Gasteiger partial charge in [-0.05, 0) is 13.0 Å². The monoisotopic (exact) mass is 150 g/mol. The SMILES string of the molecule is C=C/C=c1/oc(N)n/c1=C/C. The van der Waals surface area contributed by atoms with E-state index in [9.17, 15) is 0 Å². The molecule has 0 saturated heterocycles. The molecule has 1 heterocycles. The molecule has 1 rings (SSSR count). The molecule has 0 saturated carbocycles. The Balaban J connectivity index is 3.47. The second kappa shape index (κ2) is 3.05. The third kappa shape index (κ3) is 1.49. The predicted molar refractivity (Wildman–Crippen MR) is 45.0 cm³/mol. The Labute approximate surface area is 64.5 Å². The fraction of sp³-hybridized carbons (Fsp3) is 0.125. The normalized spacial score (nSPS) is 13.9. The van der Waals surface area contributed by atoms with Gasteiger partial charge in [0.05, 0.1) is 0 Å². The summed E-state index contributed by atoms with van der Waals surface area (Å²) in [5.74, 6) is 0. The zero-order valence-electron chi connectivity index (χ0n) is 6.37. The Morgan fingerprint density at radius 2 is 2.36 bits per heavy atom. The molecule has 1 aromatic rings. The number of aromatic nitrogens is 1. The first-order valence-corrected chi connectivity index (χ1v) is 3.29. The Morgan fingerprint density at radius 3 is 2.91 bits per heavy atom. The van der Waals surface area contributed by atoms with Crippen LogP contribution in [0.1, 0.15) is 6.92 Å². The summed E-state index contributed by atoms with van der Waals surface area (Å²) >= 11 is 0. The first-order valence-electron chi connectivity index (χ1n) is 3.29. The maximum atomic E-state index is 5.33. The molecule has 0 bridgehead atoms. The van der Waals surface area contributed by atoms with E-state index in [1.807, 2.05) is 13.0 Å². The van der Waals surface area contributed by atoms with Gasteiger partial charge in [-0.25, -0.2) is 0 Å². The van der Waals surface area contributed by atoms with Crippen molar-refractivity contribution in [2.24, 2.45) is 0 Å². The van der Waals surface area contributed by atoms with Gasteiger partial charge in [-0.2, -0.15) is 4.98 Å². The number of anilines is 1. The van der Waals surface area contributed by atoms with Crippen LogP contribution in [0.15, 0.2) is 17.1 Å². The van der Waals surface area contributed by atoms with E-state index in [-0.39, 0.29) is 6.01 Å². The number of rotatable bonds is 1. The predicted octanol–water partition coefficient (Wildman–Crippen LogP) is 0.0237. The molecule has 0 spiro atoms. The van der Waals surface area contributed by atoms with Gasteiger partial charge in [0, 0.05) is 0 Å². The Morgan fingerprint density at radius 1 is 1.64 bits per heavy atom. The summed E-state index contributed by atoms with van der Waals surface area (Å²) in [5, 5.41) is 0.752. The molecule has 2 N–H and O–H groups in total. The van der Waals surface area contributed by atoms with Crippen molar-refractivity contribution in [3.63, 3.8) is 0 Å². The van der Waals surface area contributed by atoms with Crippen molar-refractivity contribution < 1.29 is 4.42 Å². The molecule has 3 nitrogen and oxygen atoms in total. The van der Waals surface area contributed by atoms with Crippen LogP contribution < -0.4 is 16.5 Å². The van der Waals surface area contributed by atoms with Gasteiger partial charge in [-0.3, -0.25) is 0 Å². The first kappa shape index (κ1) is 7.60. The lowest BCUT2D eigenvalue weighted by molar-refractivity contribution is 0.546. The summed E-state index contributed by atoms with van der Waals surface area (Å²) in [6.07, 6.45) is 5.18. The zero-order valence-corrected chi connectivity index (χ0v) is 6.37. The smallest absolute Gasteiger partial charge is 0.292 e. The fourth-order valence-electron chi connectivity index (χ4n) is 0.795. The molecule has 0 aromatic carbocycles. The number of nitrogens with two attached hydrogens (primary N) is 1. The van der Waals surface area contributed by atoms with Crippen molar-refractivity contribution in [3.8, 4) is 0 Å². The van der Waals surface area contributed by atoms with Crippen molar-refractivity contribution in [2.75, 3.05) is 5.73 Å². The van der Waals surface area contributed by atoms with Crippen LogP contribution in [0.4, 0.5) is 6.01 Å². The summed E-state index contributed by atoms with van der Waals surface area (Å²) in [6.45, 7) is 5.42. The first-order chi connectivity index (χ1) is 5.27. The summed E-state index contributed by atoms with van der Waals surface area (Å²) in [6, 6.07) is 0.186. The molecule has 0 aliphatic carbocycles. The van der Waals surface area contributed by atoms with Crippen LogP contribution in [0.5, 0.6) is 0 Å². The third-order valence-corrected chi connectivity index (χ3v) is 1.24. The van der Waals surface area contributed by atoms with Gasteiger partial charge in [-0.1, -0.05) is 18.7 Å². The second-order valence-corrected chi connectivity index (χ2v) is 1.99. The van der Waals surface area contributed by atoms with Crippen molar-refractivity contribution >= 4 is 18.2 Å². The van der Waals surface area contributed by atoms with E-state index in [1.54, 1.807) is 12.2 Å². The standard InChI is InChI=1S/C8H10N2O/c1-3-5-7-6(4-2)10-8(9)11-7/h3-5H,1H2,2H3,(H2,9,10)/b6-4+,7-5+. The van der Waals surface area contributed by atoms with Crippen molar-refractivity contribution in [1.29, 1.82) is 0 Å². The molecule has 11 heavy (non-hydrogen) atoms. The van der Waals surface area contributed by atoms with E-state index in [0.717, 1.165) is 5.35 Å². The average Bonchev–Trinajstić information content (AvgIpc) is 2.32.